The predicted molar refractivity (Wildman–Crippen MR) is 127 cm³/mol. The third-order valence-corrected chi connectivity index (χ3v) is 5.11. The van der Waals surface area contributed by atoms with E-state index in [1.54, 1.807) is 31.4 Å². The molecule has 0 fully saturated rings. The Morgan fingerprint density at radius 1 is 0.812 bits per heavy atom. The Hall–Kier alpha value is -3.99. The highest BCUT2D eigenvalue weighted by atomic mass is 16.5. The van der Waals surface area contributed by atoms with Crippen LogP contribution in [0.1, 0.15) is 22.8 Å². The van der Waals surface area contributed by atoms with Crippen LogP contribution in [0, 0.1) is 0 Å². The first-order valence-electron chi connectivity index (χ1n) is 10.5. The van der Waals surface area contributed by atoms with Crippen LogP contribution in [0.4, 0.5) is 5.69 Å². The zero-order valence-corrected chi connectivity index (χ0v) is 18.1. The minimum absolute atomic E-state index is 0.232. The molecule has 5 nitrogen and oxygen atoms in total. The molecule has 4 aromatic rings. The first-order chi connectivity index (χ1) is 15.7. The molecule has 32 heavy (non-hydrogen) atoms. The molecule has 0 atom stereocenters. The summed E-state index contributed by atoms with van der Waals surface area (Å²) in [5.41, 5.74) is 1.92. The van der Waals surface area contributed by atoms with E-state index in [0.717, 1.165) is 22.1 Å². The van der Waals surface area contributed by atoms with Gasteiger partial charge >= 0.3 is 0 Å². The van der Waals surface area contributed by atoms with Crippen molar-refractivity contribution in [2.75, 3.05) is 19.0 Å². The van der Waals surface area contributed by atoms with Crippen LogP contribution < -0.4 is 19.5 Å². The summed E-state index contributed by atoms with van der Waals surface area (Å²) < 4.78 is 17.2. The molecule has 1 amide bonds. The van der Waals surface area contributed by atoms with Crippen LogP contribution >= 0.6 is 0 Å². The van der Waals surface area contributed by atoms with E-state index in [9.17, 15) is 4.79 Å². The Balaban J connectivity index is 1.58. The number of benzene rings is 4. The summed E-state index contributed by atoms with van der Waals surface area (Å²) in [5, 5.41) is 5.06. The highest BCUT2D eigenvalue weighted by molar-refractivity contribution is 6.05. The standard InChI is InChI=1S/C27H25NO4/c1-3-31-24-16-15-20(27(29)28-23-12-6-7-13-26(23)30-2)17-21(24)18-32-25-14-8-10-19-9-4-5-11-22(19)25/h4-17H,3,18H2,1-2H3,(H,28,29). The van der Waals surface area contributed by atoms with Crippen molar-refractivity contribution < 1.29 is 19.0 Å². The molecule has 4 rings (SSSR count). The number of para-hydroxylation sites is 2. The van der Waals surface area contributed by atoms with E-state index in [-0.39, 0.29) is 12.5 Å². The highest BCUT2D eigenvalue weighted by Gasteiger charge is 2.14. The molecule has 0 radical (unpaired) electrons. The third-order valence-electron chi connectivity index (χ3n) is 5.11. The molecule has 0 saturated carbocycles. The van der Waals surface area contributed by atoms with Gasteiger partial charge in [0.15, 0.2) is 0 Å². The molecule has 162 valence electrons. The number of hydrogen-bond donors (Lipinski definition) is 1. The number of ether oxygens (including phenoxy) is 3. The Kier molecular flexibility index (Phi) is 6.56. The summed E-state index contributed by atoms with van der Waals surface area (Å²) >= 11 is 0. The average Bonchev–Trinajstić information content (AvgIpc) is 2.83. The number of rotatable bonds is 8. The van der Waals surface area contributed by atoms with Gasteiger partial charge in [-0.2, -0.15) is 0 Å². The maximum Gasteiger partial charge on any atom is 0.255 e. The van der Waals surface area contributed by atoms with Crippen LogP contribution in [0.2, 0.25) is 0 Å². The number of nitrogens with one attached hydrogen (secondary N) is 1. The van der Waals surface area contributed by atoms with Gasteiger partial charge in [-0.3, -0.25) is 4.79 Å². The maximum atomic E-state index is 12.9. The van der Waals surface area contributed by atoms with Crippen molar-refractivity contribution in [3.05, 3.63) is 96.1 Å². The van der Waals surface area contributed by atoms with Gasteiger partial charge in [0.25, 0.3) is 5.91 Å². The summed E-state index contributed by atoms with van der Waals surface area (Å²) in [6.45, 7) is 2.73. The van der Waals surface area contributed by atoms with Crippen molar-refractivity contribution in [1.82, 2.24) is 0 Å². The molecular weight excluding hydrogens is 402 g/mol. The summed E-state index contributed by atoms with van der Waals surface area (Å²) in [6, 6.07) is 26.7. The molecule has 0 saturated heterocycles. The van der Waals surface area contributed by atoms with Crippen molar-refractivity contribution in [3.8, 4) is 17.2 Å². The zero-order chi connectivity index (χ0) is 22.3. The summed E-state index contributed by atoms with van der Waals surface area (Å²) in [5.74, 6) is 1.85. The minimum atomic E-state index is -0.232. The lowest BCUT2D eigenvalue weighted by atomic mass is 10.1. The predicted octanol–water partition coefficient (Wildman–Crippen LogP) is 6.08. The monoisotopic (exact) mass is 427 g/mol. The zero-order valence-electron chi connectivity index (χ0n) is 18.1. The first-order valence-corrected chi connectivity index (χ1v) is 10.5. The van der Waals surface area contributed by atoms with E-state index in [4.69, 9.17) is 14.2 Å². The van der Waals surface area contributed by atoms with Gasteiger partial charge in [-0.25, -0.2) is 0 Å². The topological polar surface area (TPSA) is 56.8 Å². The van der Waals surface area contributed by atoms with E-state index in [1.165, 1.54) is 0 Å². The van der Waals surface area contributed by atoms with Gasteiger partial charge in [-0.15, -0.1) is 0 Å². The molecule has 0 aliphatic carbocycles. The Bertz CT molecular complexity index is 1230. The summed E-state index contributed by atoms with van der Waals surface area (Å²) in [7, 11) is 1.57. The third kappa shape index (κ3) is 4.67. The van der Waals surface area contributed by atoms with Crippen molar-refractivity contribution >= 4 is 22.4 Å². The molecule has 0 aromatic heterocycles. The number of amides is 1. The van der Waals surface area contributed by atoms with E-state index < -0.39 is 0 Å². The normalized spacial score (nSPS) is 10.6. The molecule has 0 aliphatic heterocycles. The van der Waals surface area contributed by atoms with Crippen LogP contribution in [-0.2, 0) is 6.61 Å². The number of hydrogen-bond acceptors (Lipinski definition) is 4. The molecule has 1 N–H and O–H groups in total. The number of carbonyl (C=O) groups is 1. The second-order valence-corrected chi connectivity index (χ2v) is 7.18. The second-order valence-electron chi connectivity index (χ2n) is 7.18. The minimum Gasteiger partial charge on any atom is -0.495 e. The van der Waals surface area contributed by atoms with Crippen LogP contribution in [0.5, 0.6) is 17.2 Å². The second kappa shape index (κ2) is 9.88. The SMILES string of the molecule is CCOc1ccc(C(=O)Nc2ccccc2OC)cc1COc1cccc2ccccc12. The van der Waals surface area contributed by atoms with Crippen LogP contribution in [-0.4, -0.2) is 19.6 Å². The lowest BCUT2D eigenvalue weighted by Crippen LogP contribution is -2.13. The van der Waals surface area contributed by atoms with Gasteiger partial charge in [0.1, 0.15) is 23.9 Å². The Morgan fingerprint density at radius 3 is 2.41 bits per heavy atom. The maximum absolute atomic E-state index is 12.9. The molecule has 0 heterocycles. The highest BCUT2D eigenvalue weighted by Crippen LogP contribution is 2.29. The van der Waals surface area contributed by atoms with Crippen molar-refractivity contribution in [2.45, 2.75) is 13.5 Å². The average molecular weight is 428 g/mol. The molecular formula is C27H25NO4. The molecule has 0 aliphatic rings. The Morgan fingerprint density at radius 2 is 1.56 bits per heavy atom. The van der Waals surface area contributed by atoms with Gasteiger partial charge < -0.3 is 19.5 Å². The largest absolute Gasteiger partial charge is 0.495 e. The van der Waals surface area contributed by atoms with Gasteiger partial charge in [0, 0.05) is 16.5 Å². The fourth-order valence-corrected chi connectivity index (χ4v) is 3.55. The van der Waals surface area contributed by atoms with Crippen molar-refractivity contribution in [3.63, 3.8) is 0 Å². The van der Waals surface area contributed by atoms with E-state index in [0.29, 0.717) is 29.4 Å². The number of anilines is 1. The van der Waals surface area contributed by atoms with Gasteiger partial charge in [-0.1, -0.05) is 48.5 Å². The van der Waals surface area contributed by atoms with Crippen LogP contribution in [0.3, 0.4) is 0 Å². The lowest BCUT2D eigenvalue weighted by molar-refractivity contribution is 0.102. The quantitative estimate of drug-likeness (QED) is 0.370. The fourth-order valence-electron chi connectivity index (χ4n) is 3.55. The number of fused-ring (bicyclic) bond motifs is 1. The van der Waals surface area contributed by atoms with Crippen LogP contribution in [0.25, 0.3) is 10.8 Å². The van der Waals surface area contributed by atoms with Crippen molar-refractivity contribution in [2.24, 2.45) is 0 Å². The molecule has 0 bridgehead atoms. The number of methoxy groups -OCH3 is 1. The van der Waals surface area contributed by atoms with E-state index in [2.05, 4.69) is 17.4 Å². The van der Waals surface area contributed by atoms with Gasteiger partial charge in [-0.05, 0) is 48.7 Å². The number of carbonyl (C=O) groups excluding carboxylic acids is 1. The first kappa shape index (κ1) is 21.2. The molecule has 0 unspecified atom stereocenters. The van der Waals surface area contributed by atoms with E-state index in [1.807, 2.05) is 55.5 Å². The Labute approximate surface area is 187 Å². The smallest absolute Gasteiger partial charge is 0.255 e. The van der Waals surface area contributed by atoms with Crippen LogP contribution in [0.15, 0.2) is 84.9 Å². The molecule has 5 heteroatoms. The summed E-state index contributed by atoms with van der Waals surface area (Å²) in [6.07, 6.45) is 0. The van der Waals surface area contributed by atoms with E-state index >= 15 is 0 Å². The lowest BCUT2D eigenvalue weighted by Gasteiger charge is -2.15. The molecule has 4 aromatic carbocycles. The summed E-state index contributed by atoms with van der Waals surface area (Å²) in [4.78, 5) is 12.9. The molecule has 0 spiro atoms. The fraction of sp³-hybridized carbons (Fsp3) is 0.148. The van der Waals surface area contributed by atoms with Gasteiger partial charge in [0.05, 0.1) is 19.4 Å². The van der Waals surface area contributed by atoms with Gasteiger partial charge in [0.2, 0.25) is 0 Å². The van der Waals surface area contributed by atoms with Crippen molar-refractivity contribution in [1.29, 1.82) is 0 Å².